The summed E-state index contributed by atoms with van der Waals surface area (Å²) in [6, 6.07) is 16.9. The first-order valence-corrected chi connectivity index (χ1v) is 10.3. The summed E-state index contributed by atoms with van der Waals surface area (Å²) in [5.41, 5.74) is 2.14. The molecule has 0 radical (unpaired) electrons. The summed E-state index contributed by atoms with van der Waals surface area (Å²) in [5.74, 6) is 0.803. The maximum absolute atomic E-state index is 12.2. The Morgan fingerprint density at radius 1 is 0.852 bits per heavy atom. The van der Waals surface area contributed by atoms with Gasteiger partial charge in [0.1, 0.15) is 5.82 Å². The van der Waals surface area contributed by atoms with E-state index in [0.29, 0.717) is 25.2 Å². The number of nitrogens with one attached hydrogen (secondary N) is 2. The lowest BCUT2D eigenvalue weighted by atomic mass is 10.1. The van der Waals surface area contributed by atoms with E-state index in [4.69, 9.17) is 0 Å². The topological polar surface area (TPSA) is 96.9 Å². The van der Waals surface area contributed by atoms with Gasteiger partial charge in [-0.2, -0.15) is 0 Å². The number of hydrogen-bond donors (Lipinski definition) is 2. The van der Waals surface area contributed by atoms with Crippen LogP contribution in [0, 0.1) is 0 Å². The number of nitrogens with zero attached hydrogens (tertiary/aromatic N) is 3. The summed E-state index contributed by atoms with van der Waals surface area (Å²) < 4.78 is 26.8. The van der Waals surface area contributed by atoms with Crippen LogP contribution >= 0.6 is 0 Å². The van der Waals surface area contributed by atoms with Gasteiger partial charge in [0.05, 0.1) is 5.75 Å². The van der Waals surface area contributed by atoms with E-state index in [0.717, 1.165) is 11.1 Å². The van der Waals surface area contributed by atoms with Crippen LogP contribution in [0.2, 0.25) is 0 Å². The van der Waals surface area contributed by atoms with Crippen LogP contribution in [-0.2, 0) is 23.0 Å². The largest absolute Gasteiger partial charge is 0.364 e. The highest BCUT2D eigenvalue weighted by molar-refractivity contribution is 7.92. The SMILES string of the molecule is O=S(=O)(CCCc1ccccc1)Nc1ccc(NCc2cccnc2)nn1. The molecule has 7 nitrogen and oxygen atoms in total. The molecule has 0 amide bonds. The van der Waals surface area contributed by atoms with Gasteiger partial charge >= 0.3 is 0 Å². The van der Waals surface area contributed by atoms with E-state index in [9.17, 15) is 8.42 Å². The van der Waals surface area contributed by atoms with E-state index < -0.39 is 10.0 Å². The van der Waals surface area contributed by atoms with Gasteiger partial charge in [0.25, 0.3) is 0 Å². The third-order valence-electron chi connectivity index (χ3n) is 3.84. The number of pyridine rings is 1. The van der Waals surface area contributed by atoms with E-state index in [1.54, 1.807) is 24.5 Å². The average Bonchev–Trinajstić information content (AvgIpc) is 2.69. The maximum atomic E-state index is 12.2. The summed E-state index contributed by atoms with van der Waals surface area (Å²) in [6.07, 6.45) is 4.73. The molecule has 0 spiro atoms. The van der Waals surface area contributed by atoms with Gasteiger partial charge in [-0.15, -0.1) is 10.2 Å². The van der Waals surface area contributed by atoms with Crippen LogP contribution in [0.25, 0.3) is 0 Å². The second kappa shape index (κ2) is 9.09. The molecule has 140 valence electrons. The molecular weight excluding hydrogens is 362 g/mol. The molecule has 0 unspecified atom stereocenters. The second-order valence-electron chi connectivity index (χ2n) is 6.03. The van der Waals surface area contributed by atoms with Crippen LogP contribution in [0.3, 0.4) is 0 Å². The van der Waals surface area contributed by atoms with Crippen molar-refractivity contribution in [3.8, 4) is 0 Å². The van der Waals surface area contributed by atoms with Crippen LogP contribution in [-0.4, -0.2) is 29.4 Å². The Kier molecular flexibility index (Phi) is 6.32. The first-order valence-electron chi connectivity index (χ1n) is 8.62. The fraction of sp³-hybridized carbons (Fsp3) is 0.211. The molecule has 0 aliphatic heterocycles. The van der Waals surface area contributed by atoms with Crippen molar-refractivity contribution in [3.63, 3.8) is 0 Å². The van der Waals surface area contributed by atoms with Crippen LogP contribution in [0.1, 0.15) is 17.5 Å². The van der Waals surface area contributed by atoms with Crippen LogP contribution < -0.4 is 10.0 Å². The van der Waals surface area contributed by atoms with Crippen molar-refractivity contribution >= 4 is 21.7 Å². The molecule has 0 bridgehead atoms. The summed E-state index contributed by atoms with van der Waals surface area (Å²) in [6.45, 7) is 0.563. The number of sulfonamides is 1. The molecule has 0 aliphatic carbocycles. The minimum Gasteiger partial charge on any atom is -0.364 e. The summed E-state index contributed by atoms with van der Waals surface area (Å²) in [5, 5.41) is 11.0. The standard InChI is InChI=1S/C19H21N5O2S/c25-27(26,13-5-9-16-6-2-1-3-7-16)24-19-11-10-18(22-23-19)21-15-17-8-4-12-20-14-17/h1-4,6-8,10-12,14H,5,9,13,15H2,(H,21,22)(H,23,24). The molecule has 0 fully saturated rings. The lowest BCUT2D eigenvalue weighted by Crippen LogP contribution is -2.18. The average molecular weight is 383 g/mol. The molecule has 0 saturated carbocycles. The summed E-state index contributed by atoms with van der Waals surface area (Å²) in [4.78, 5) is 4.04. The molecule has 2 heterocycles. The van der Waals surface area contributed by atoms with Crippen molar-refractivity contribution in [1.29, 1.82) is 0 Å². The Morgan fingerprint density at radius 3 is 2.30 bits per heavy atom. The van der Waals surface area contributed by atoms with Crippen molar-refractivity contribution < 1.29 is 8.42 Å². The first-order chi connectivity index (χ1) is 13.1. The molecule has 8 heteroatoms. The zero-order valence-corrected chi connectivity index (χ0v) is 15.6. The van der Waals surface area contributed by atoms with Crippen molar-refractivity contribution in [1.82, 2.24) is 15.2 Å². The number of aryl methyl sites for hydroxylation is 1. The van der Waals surface area contributed by atoms with Gasteiger partial charge in [0.2, 0.25) is 10.0 Å². The lowest BCUT2D eigenvalue weighted by molar-refractivity contribution is 0.598. The Balaban J connectivity index is 1.47. The lowest BCUT2D eigenvalue weighted by Gasteiger charge is -2.08. The number of rotatable bonds is 9. The minimum atomic E-state index is -3.45. The molecule has 0 atom stereocenters. The van der Waals surface area contributed by atoms with Crippen molar-refractivity contribution in [2.45, 2.75) is 19.4 Å². The summed E-state index contributed by atoms with van der Waals surface area (Å²) >= 11 is 0. The van der Waals surface area contributed by atoms with E-state index in [-0.39, 0.29) is 11.6 Å². The van der Waals surface area contributed by atoms with Crippen LogP contribution in [0.15, 0.2) is 67.0 Å². The van der Waals surface area contributed by atoms with Gasteiger partial charge in [-0.25, -0.2) is 8.42 Å². The van der Waals surface area contributed by atoms with Crippen molar-refractivity contribution in [3.05, 3.63) is 78.1 Å². The van der Waals surface area contributed by atoms with Gasteiger partial charge in [-0.05, 0) is 42.2 Å². The smallest absolute Gasteiger partial charge is 0.233 e. The minimum absolute atomic E-state index is 0.0323. The number of anilines is 2. The van der Waals surface area contributed by atoms with Gasteiger partial charge in [-0.3, -0.25) is 9.71 Å². The zero-order valence-electron chi connectivity index (χ0n) is 14.7. The Hall–Kier alpha value is -3.00. The maximum Gasteiger partial charge on any atom is 0.233 e. The molecule has 2 aromatic heterocycles. The fourth-order valence-electron chi connectivity index (χ4n) is 2.50. The Bertz CT molecular complexity index is 933. The van der Waals surface area contributed by atoms with Crippen LogP contribution in [0.5, 0.6) is 0 Å². The van der Waals surface area contributed by atoms with Crippen LogP contribution in [0.4, 0.5) is 11.6 Å². The predicted molar refractivity (Wildman–Crippen MR) is 106 cm³/mol. The normalized spacial score (nSPS) is 11.1. The number of aromatic nitrogens is 3. The highest BCUT2D eigenvalue weighted by atomic mass is 32.2. The number of hydrogen-bond acceptors (Lipinski definition) is 6. The predicted octanol–water partition coefficient (Wildman–Crippen LogP) is 2.86. The van der Waals surface area contributed by atoms with Crippen molar-refractivity contribution in [2.75, 3.05) is 15.8 Å². The number of benzene rings is 1. The molecule has 27 heavy (non-hydrogen) atoms. The highest BCUT2D eigenvalue weighted by Gasteiger charge is 2.11. The third kappa shape index (κ3) is 6.34. The van der Waals surface area contributed by atoms with Gasteiger partial charge in [0.15, 0.2) is 5.82 Å². The van der Waals surface area contributed by atoms with E-state index in [1.165, 1.54) is 0 Å². The molecular formula is C19H21N5O2S. The Morgan fingerprint density at radius 2 is 1.59 bits per heavy atom. The van der Waals surface area contributed by atoms with Gasteiger partial charge in [-0.1, -0.05) is 36.4 Å². The first kappa shape index (κ1) is 18.8. The van der Waals surface area contributed by atoms with Crippen molar-refractivity contribution in [2.24, 2.45) is 0 Å². The molecule has 0 saturated heterocycles. The molecule has 1 aromatic carbocycles. The third-order valence-corrected chi connectivity index (χ3v) is 5.19. The second-order valence-corrected chi connectivity index (χ2v) is 7.87. The van der Waals surface area contributed by atoms with Gasteiger partial charge in [0, 0.05) is 18.9 Å². The highest BCUT2D eigenvalue weighted by Crippen LogP contribution is 2.11. The van der Waals surface area contributed by atoms with Gasteiger partial charge < -0.3 is 5.32 Å². The molecule has 0 aliphatic rings. The molecule has 3 rings (SSSR count). The molecule has 2 N–H and O–H groups in total. The van der Waals surface area contributed by atoms with E-state index in [1.807, 2.05) is 42.5 Å². The monoisotopic (exact) mass is 383 g/mol. The summed E-state index contributed by atoms with van der Waals surface area (Å²) in [7, 11) is -3.45. The molecule has 3 aromatic rings. The van der Waals surface area contributed by atoms with E-state index in [2.05, 4.69) is 25.2 Å². The quantitative estimate of drug-likeness (QED) is 0.590. The van der Waals surface area contributed by atoms with E-state index >= 15 is 0 Å². The fourth-order valence-corrected chi connectivity index (χ4v) is 3.55. The Labute approximate surface area is 158 Å². The zero-order chi connectivity index (χ0) is 19.0.